The van der Waals surface area contributed by atoms with Crippen LogP contribution < -0.4 is 10.0 Å². The Labute approximate surface area is 114 Å². The molecule has 0 aliphatic rings. The Kier molecular flexibility index (Phi) is 4.94. The van der Waals surface area contributed by atoms with Crippen LogP contribution in [-0.2, 0) is 10.0 Å². The van der Waals surface area contributed by atoms with Gasteiger partial charge < -0.3 is 5.32 Å². The van der Waals surface area contributed by atoms with E-state index in [2.05, 4.69) is 10.0 Å². The highest BCUT2D eigenvalue weighted by molar-refractivity contribution is 7.92. The molecule has 19 heavy (non-hydrogen) atoms. The summed E-state index contributed by atoms with van der Waals surface area (Å²) < 4.78 is 24.6. The molecule has 1 atom stereocenters. The van der Waals surface area contributed by atoms with Crippen LogP contribution in [0, 0.1) is 5.92 Å². The number of hydrogen-bond acceptors (Lipinski definition) is 3. The van der Waals surface area contributed by atoms with Crippen LogP contribution in [0.3, 0.4) is 0 Å². The van der Waals surface area contributed by atoms with Gasteiger partial charge >= 0.3 is 0 Å². The first-order chi connectivity index (χ1) is 8.69. The van der Waals surface area contributed by atoms with Crippen molar-refractivity contribution in [1.82, 2.24) is 5.32 Å². The molecule has 0 radical (unpaired) electrons. The molecule has 0 heterocycles. The fourth-order valence-corrected chi connectivity index (χ4v) is 1.95. The molecule has 1 aromatic rings. The first-order valence-corrected chi connectivity index (χ1v) is 7.97. The summed E-state index contributed by atoms with van der Waals surface area (Å²) in [5.41, 5.74) is 0.813. The quantitative estimate of drug-likeness (QED) is 0.866. The molecule has 0 saturated carbocycles. The van der Waals surface area contributed by atoms with Crippen molar-refractivity contribution < 1.29 is 13.2 Å². The molecule has 0 aliphatic heterocycles. The van der Waals surface area contributed by atoms with E-state index in [1.54, 1.807) is 18.2 Å². The zero-order valence-corrected chi connectivity index (χ0v) is 12.4. The minimum atomic E-state index is -3.34. The predicted octanol–water partition coefficient (Wildman–Crippen LogP) is 1.83. The molecule has 5 nitrogen and oxygen atoms in total. The van der Waals surface area contributed by atoms with E-state index in [-0.39, 0.29) is 11.9 Å². The third-order valence-electron chi connectivity index (χ3n) is 2.79. The second-order valence-corrected chi connectivity index (χ2v) is 6.71. The van der Waals surface area contributed by atoms with Crippen LogP contribution in [0.5, 0.6) is 0 Å². The summed E-state index contributed by atoms with van der Waals surface area (Å²) in [6.45, 7) is 5.97. The Hall–Kier alpha value is -1.56. The minimum absolute atomic E-state index is 0.0547. The molecule has 0 aromatic heterocycles. The maximum atomic E-state index is 12.0. The Morgan fingerprint density at radius 1 is 1.21 bits per heavy atom. The van der Waals surface area contributed by atoms with Crippen LogP contribution in [0.2, 0.25) is 0 Å². The number of carbonyl (C=O) groups excluding carboxylic acids is 1. The molecule has 0 aliphatic carbocycles. The monoisotopic (exact) mass is 284 g/mol. The van der Waals surface area contributed by atoms with Crippen molar-refractivity contribution in [2.75, 3.05) is 11.0 Å². The normalized spacial score (nSPS) is 13.1. The Morgan fingerprint density at radius 3 is 2.37 bits per heavy atom. The number of anilines is 1. The number of hydrogen-bond donors (Lipinski definition) is 2. The SMILES string of the molecule is CC(C)[C@@H](C)NC(=O)c1cccc(NS(C)(=O)=O)c1. The molecule has 6 heteroatoms. The van der Waals surface area contributed by atoms with E-state index in [9.17, 15) is 13.2 Å². The number of benzene rings is 1. The van der Waals surface area contributed by atoms with Gasteiger partial charge in [-0.25, -0.2) is 8.42 Å². The lowest BCUT2D eigenvalue weighted by Crippen LogP contribution is -2.36. The molecule has 1 rings (SSSR count). The number of nitrogens with one attached hydrogen (secondary N) is 2. The molecule has 0 fully saturated rings. The van der Waals surface area contributed by atoms with Gasteiger partial charge in [0, 0.05) is 17.3 Å². The van der Waals surface area contributed by atoms with E-state index in [1.165, 1.54) is 6.07 Å². The summed E-state index contributed by atoms with van der Waals surface area (Å²) in [6.07, 6.45) is 1.07. The second kappa shape index (κ2) is 6.06. The predicted molar refractivity (Wildman–Crippen MR) is 76.7 cm³/mol. The Morgan fingerprint density at radius 2 is 1.84 bits per heavy atom. The van der Waals surface area contributed by atoms with Gasteiger partial charge in [-0.3, -0.25) is 9.52 Å². The third kappa shape index (κ3) is 5.30. The molecule has 1 aromatic carbocycles. The summed E-state index contributed by atoms with van der Waals surface area (Å²) in [7, 11) is -3.34. The molecule has 0 unspecified atom stereocenters. The highest BCUT2D eigenvalue weighted by Crippen LogP contribution is 2.12. The van der Waals surface area contributed by atoms with E-state index in [0.717, 1.165) is 6.26 Å². The summed E-state index contributed by atoms with van der Waals surface area (Å²) in [5.74, 6) is 0.125. The van der Waals surface area contributed by atoms with Gasteiger partial charge in [-0.15, -0.1) is 0 Å². The highest BCUT2D eigenvalue weighted by atomic mass is 32.2. The zero-order valence-electron chi connectivity index (χ0n) is 11.6. The summed E-state index contributed by atoms with van der Waals surface area (Å²) in [4.78, 5) is 12.0. The maximum absolute atomic E-state index is 12.0. The van der Waals surface area contributed by atoms with Crippen LogP contribution in [0.1, 0.15) is 31.1 Å². The Bertz CT molecular complexity index is 553. The van der Waals surface area contributed by atoms with Crippen molar-refractivity contribution in [3.63, 3.8) is 0 Å². The average Bonchev–Trinajstić information content (AvgIpc) is 2.26. The number of sulfonamides is 1. The third-order valence-corrected chi connectivity index (χ3v) is 3.39. The largest absolute Gasteiger partial charge is 0.349 e. The van der Waals surface area contributed by atoms with Crippen molar-refractivity contribution in [1.29, 1.82) is 0 Å². The van der Waals surface area contributed by atoms with Gasteiger partial charge in [-0.2, -0.15) is 0 Å². The van der Waals surface area contributed by atoms with Crippen molar-refractivity contribution in [2.24, 2.45) is 5.92 Å². The number of rotatable bonds is 5. The standard InChI is InChI=1S/C13H20N2O3S/c1-9(2)10(3)14-13(16)11-6-5-7-12(8-11)15-19(4,17)18/h5-10,15H,1-4H3,(H,14,16)/t10-/m1/s1. The highest BCUT2D eigenvalue weighted by Gasteiger charge is 2.13. The smallest absolute Gasteiger partial charge is 0.251 e. The van der Waals surface area contributed by atoms with Crippen LogP contribution >= 0.6 is 0 Å². The first-order valence-electron chi connectivity index (χ1n) is 6.08. The van der Waals surface area contributed by atoms with Crippen molar-refractivity contribution in [3.05, 3.63) is 29.8 Å². The number of amides is 1. The minimum Gasteiger partial charge on any atom is -0.349 e. The summed E-state index contributed by atoms with van der Waals surface area (Å²) in [6, 6.07) is 6.46. The number of carbonyl (C=O) groups is 1. The van der Waals surface area contributed by atoms with Crippen LogP contribution in [0.15, 0.2) is 24.3 Å². The van der Waals surface area contributed by atoms with Crippen LogP contribution in [0.25, 0.3) is 0 Å². The van der Waals surface area contributed by atoms with Gasteiger partial charge in [0.15, 0.2) is 0 Å². The Balaban J connectivity index is 2.84. The van der Waals surface area contributed by atoms with E-state index in [0.29, 0.717) is 17.2 Å². The van der Waals surface area contributed by atoms with E-state index < -0.39 is 10.0 Å². The zero-order chi connectivity index (χ0) is 14.6. The molecule has 1 amide bonds. The van der Waals surface area contributed by atoms with Crippen molar-refractivity contribution in [2.45, 2.75) is 26.8 Å². The topological polar surface area (TPSA) is 75.3 Å². The van der Waals surface area contributed by atoms with Gasteiger partial charge in [0.05, 0.1) is 6.26 Å². The summed E-state index contributed by atoms with van der Waals surface area (Å²) in [5, 5.41) is 2.87. The molecular formula is C13H20N2O3S. The van der Waals surface area contributed by atoms with E-state index in [4.69, 9.17) is 0 Å². The molecule has 0 bridgehead atoms. The van der Waals surface area contributed by atoms with Crippen molar-refractivity contribution >= 4 is 21.6 Å². The van der Waals surface area contributed by atoms with Gasteiger partial charge in [0.1, 0.15) is 0 Å². The fraction of sp³-hybridized carbons (Fsp3) is 0.462. The van der Waals surface area contributed by atoms with Gasteiger partial charge in [-0.05, 0) is 31.0 Å². The molecule has 0 spiro atoms. The van der Waals surface area contributed by atoms with E-state index in [1.807, 2.05) is 20.8 Å². The van der Waals surface area contributed by atoms with Crippen LogP contribution in [-0.4, -0.2) is 26.6 Å². The first kappa shape index (κ1) is 15.5. The maximum Gasteiger partial charge on any atom is 0.251 e. The molecule has 2 N–H and O–H groups in total. The second-order valence-electron chi connectivity index (χ2n) is 4.96. The van der Waals surface area contributed by atoms with E-state index >= 15 is 0 Å². The fourth-order valence-electron chi connectivity index (χ4n) is 1.39. The lowest BCUT2D eigenvalue weighted by Gasteiger charge is -2.17. The lowest BCUT2D eigenvalue weighted by atomic mass is 10.1. The average molecular weight is 284 g/mol. The van der Waals surface area contributed by atoms with Crippen molar-refractivity contribution in [3.8, 4) is 0 Å². The molecule has 0 saturated heterocycles. The van der Waals surface area contributed by atoms with Gasteiger partial charge in [0.2, 0.25) is 10.0 Å². The lowest BCUT2D eigenvalue weighted by molar-refractivity contribution is 0.0930. The molecule has 106 valence electrons. The molecular weight excluding hydrogens is 264 g/mol. The van der Waals surface area contributed by atoms with Gasteiger partial charge in [-0.1, -0.05) is 19.9 Å². The van der Waals surface area contributed by atoms with Crippen LogP contribution in [0.4, 0.5) is 5.69 Å². The van der Waals surface area contributed by atoms with Gasteiger partial charge in [0.25, 0.3) is 5.91 Å². The summed E-state index contributed by atoms with van der Waals surface area (Å²) >= 11 is 0.